The average Bonchev–Trinajstić information content (AvgIpc) is 2.52. The van der Waals surface area contributed by atoms with E-state index in [0.717, 1.165) is 11.3 Å². The summed E-state index contributed by atoms with van der Waals surface area (Å²) in [5.74, 6) is 0.720. The summed E-state index contributed by atoms with van der Waals surface area (Å²) in [6.45, 7) is 1.08. The molecule has 1 atom stereocenters. The van der Waals surface area contributed by atoms with E-state index in [0.29, 0.717) is 30.9 Å². The van der Waals surface area contributed by atoms with Crippen LogP contribution in [0.15, 0.2) is 42.5 Å². The average molecular weight is 283 g/mol. The second kappa shape index (κ2) is 5.84. The molecule has 1 unspecified atom stereocenters. The van der Waals surface area contributed by atoms with Crippen LogP contribution in [0.3, 0.4) is 0 Å². The lowest BCUT2D eigenvalue weighted by atomic mass is 9.93. The molecular weight excluding hydrogens is 269 g/mol. The van der Waals surface area contributed by atoms with Crippen LogP contribution in [0.2, 0.25) is 0 Å². The highest BCUT2D eigenvalue weighted by atomic mass is 19.1. The maximum Gasteiger partial charge on any atom is 0.161 e. The fraction of sp³-hybridized carbons (Fsp3) is 0.235. The first-order chi connectivity index (χ1) is 10.3. The second-order valence-corrected chi connectivity index (χ2v) is 4.92. The zero-order chi connectivity index (χ0) is 14.7. The first kappa shape index (κ1) is 13.4. The van der Waals surface area contributed by atoms with E-state index < -0.39 is 0 Å². The van der Waals surface area contributed by atoms with Crippen LogP contribution in [0.5, 0.6) is 11.5 Å². The molecule has 0 aromatic heterocycles. The topological polar surface area (TPSA) is 42.2 Å². The number of hydrogen-bond acceptors (Lipinski definition) is 3. The molecule has 0 fully saturated rings. The van der Waals surface area contributed by atoms with E-state index >= 15 is 0 Å². The molecule has 3 rings (SSSR count). The van der Waals surface area contributed by atoms with Gasteiger partial charge in [-0.2, -0.15) is 5.26 Å². The number of fused-ring (bicyclic) bond motifs is 1. The summed E-state index contributed by atoms with van der Waals surface area (Å²) in [5.41, 5.74) is 1.66. The molecule has 1 heterocycles. The molecule has 0 radical (unpaired) electrons. The Bertz CT molecular complexity index is 693. The number of nitrogens with zero attached hydrogens (tertiary/aromatic N) is 1. The molecule has 2 aromatic rings. The van der Waals surface area contributed by atoms with Crippen molar-refractivity contribution in [1.29, 1.82) is 5.26 Å². The monoisotopic (exact) mass is 283 g/mol. The summed E-state index contributed by atoms with van der Waals surface area (Å²) in [5, 5.41) is 9.34. The molecule has 0 bridgehead atoms. The molecular formula is C17H14FNO2. The predicted octanol–water partition coefficient (Wildman–Crippen LogP) is 3.45. The smallest absolute Gasteiger partial charge is 0.161 e. The Labute approximate surface area is 122 Å². The first-order valence-electron chi connectivity index (χ1n) is 6.80. The summed E-state index contributed by atoms with van der Waals surface area (Å²) < 4.78 is 24.3. The molecule has 2 aromatic carbocycles. The van der Waals surface area contributed by atoms with E-state index in [1.54, 1.807) is 12.1 Å². The molecule has 0 saturated carbocycles. The van der Waals surface area contributed by atoms with Gasteiger partial charge in [0, 0.05) is 0 Å². The van der Waals surface area contributed by atoms with Gasteiger partial charge in [0.2, 0.25) is 0 Å². The normalized spacial score (nSPS) is 14.3. The van der Waals surface area contributed by atoms with Gasteiger partial charge >= 0.3 is 0 Å². The van der Waals surface area contributed by atoms with Gasteiger partial charge < -0.3 is 9.47 Å². The van der Waals surface area contributed by atoms with Crippen LogP contribution in [0, 0.1) is 17.1 Å². The van der Waals surface area contributed by atoms with Gasteiger partial charge in [-0.25, -0.2) is 4.39 Å². The number of benzene rings is 2. The Morgan fingerprint density at radius 1 is 1.10 bits per heavy atom. The molecule has 0 spiro atoms. The quantitative estimate of drug-likeness (QED) is 0.866. The fourth-order valence-electron chi connectivity index (χ4n) is 2.41. The number of ether oxygens (including phenoxy) is 2. The van der Waals surface area contributed by atoms with Gasteiger partial charge in [-0.3, -0.25) is 0 Å². The maximum atomic E-state index is 13.3. The SMILES string of the molecule is N#CC(Cc1ccc2c(c1)OCCO2)c1cccc(F)c1. The zero-order valence-corrected chi connectivity index (χ0v) is 11.4. The van der Waals surface area contributed by atoms with Gasteiger partial charge in [0.25, 0.3) is 0 Å². The van der Waals surface area contributed by atoms with E-state index in [-0.39, 0.29) is 11.7 Å². The number of rotatable bonds is 3. The minimum absolute atomic E-state index is 0.324. The molecule has 106 valence electrons. The molecule has 0 N–H and O–H groups in total. The summed E-state index contributed by atoms with van der Waals surface area (Å²) in [6, 6.07) is 14.1. The van der Waals surface area contributed by atoms with Crippen LogP contribution >= 0.6 is 0 Å². The lowest BCUT2D eigenvalue weighted by Crippen LogP contribution is -2.15. The first-order valence-corrected chi connectivity index (χ1v) is 6.80. The van der Waals surface area contributed by atoms with Crippen molar-refractivity contribution in [3.05, 3.63) is 59.4 Å². The van der Waals surface area contributed by atoms with E-state index in [9.17, 15) is 9.65 Å². The minimum atomic E-state index is -0.386. The van der Waals surface area contributed by atoms with Gasteiger partial charge in [0.1, 0.15) is 19.0 Å². The van der Waals surface area contributed by atoms with E-state index in [1.165, 1.54) is 12.1 Å². The van der Waals surface area contributed by atoms with Crippen LogP contribution < -0.4 is 9.47 Å². The lowest BCUT2D eigenvalue weighted by Gasteiger charge is -2.19. The van der Waals surface area contributed by atoms with Crippen LogP contribution in [0.25, 0.3) is 0 Å². The standard InChI is InChI=1S/C17H14FNO2/c18-15-3-1-2-13(10-15)14(11-19)8-12-4-5-16-17(9-12)21-7-6-20-16/h1-5,9-10,14H,6-8H2. The van der Waals surface area contributed by atoms with Crippen molar-refractivity contribution >= 4 is 0 Å². The third-order valence-corrected chi connectivity index (χ3v) is 3.45. The molecule has 4 heteroatoms. The van der Waals surface area contributed by atoms with Crippen molar-refractivity contribution in [2.45, 2.75) is 12.3 Å². The Kier molecular flexibility index (Phi) is 3.74. The molecule has 0 amide bonds. The van der Waals surface area contributed by atoms with Gasteiger partial charge in [0.05, 0.1) is 12.0 Å². The molecule has 1 aliphatic rings. The lowest BCUT2D eigenvalue weighted by molar-refractivity contribution is 0.171. The van der Waals surface area contributed by atoms with Crippen molar-refractivity contribution < 1.29 is 13.9 Å². The number of halogens is 1. The van der Waals surface area contributed by atoms with E-state index in [2.05, 4.69) is 6.07 Å². The highest BCUT2D eigenvalue weighted by Crippen LogP contribution is 2.32. The largest absolute Gasteiger partial charge is 0.486 e. The van der Waals surface area contributed by atoms with Gasteiger partial charge in [0.15, 0.2) is 11.5 Å². The molecule has 0 aliphatic carbocycles. The van der Waals surface area contributed by atoms with Crippen LogP contribution in [0.4, 0.5) is 4.39 Å². The van der Waals surface area contributed by atoms with Crippen molar-refractivity contribution in [2.24, 2.45) is 0 Å². The van der Waals surface area contributed by atoms with Gasteiger partial charge in [-0.1, -0.05) is 18.2 Å². The predicted molar refractivity (Wildman–Crippen MR) is 75.9 cm³/mol. The maximum absolute atomic E-state index is 13.3. The third kappa shape index (κ3) is 2.97. The molecule has 1 aliphatic heterocycles. The highest BCUT2D eigenvalue weighted by molar-refractivity contribution is 5.44. The summed E-state index contributed by atoms with van der Waals surface area (Å²) >= 11 is 0. The molecule has 3 nitrogen and oxygen atoms in total. The summed E-state index contributed by atoms with van der Waals surface area (Å²) in [4.78, 5) is 0. The Morgan fingerprint density at radius 2 is 1.90 bits per heavy atom. The van der Waals surface area contributed by atoms with Crippen molar-refractivity contribution in [3.8, 4) is 17.6 Å². The van der Waals surface area contributed by atoms with Gasteiger partial charge in [-0.05, 0) is 41.8 Å². The zero-order valence-electron chi connectivity index (χ0n) is 11.4. The summed E-state index contributed by atoms with van der Waals surface area (Å²) in [7, 11) is 0. The van der Waals surface area contributed by atoms with Crippen molar-refractivity contribution in [2.75, 3.05) is 13.2 Å². The van der Waals surface area contributed by atoms with Crippen LogP contribution in [0.1, 0.15) is 17.0 Å². The van der Waals surface area contributed by atoms with Crippen LogP contribution in [-0.2, 0) is 6.42 Å². The van der Waals surface area contributed by atoms with Crippen molar-refractivity contribution in [3.63, 3.8) is 0 Å². The third-order valence-electron chi connectivity index (χ3n) is 3.45. The van der Waals surface area contributed by atoms with E-state index in [4.69, 9.17) is 9.47 Å². The molecule has 21 heavy (non-hydrogen) atoms. The second-order valence-electron chi connectivity index (χ2n) is 4.92. The van der Waals surface area contributed by atoms with E-state index in [1.807, 2.05) is 18.2 Å². The Hall–Kier alpha value is -2.54. The number of nitriles is 1. The van der Waals surface area contributed by atoms with Crippen LogP contribution in [-0.4, -0.2) is 13.2 Å². The Balaban J connectivity index is 1.83. The van der Waals surface area contributed by atoms with Gasteiger partial charge in [-0.15, -0.1) is 0 Å². The van der Waals surface area contributed by atoms with Crippen molar-refractivity contribution in [1.82, 2.24) is 0 Å². The Morgan fingerprint density at radius 3 is 2.67 bits per heavy atom. The fourth-order valence-corrected chi connectivity index (χ4v) is 2.41. The summed E-state index contributed by atoms with van der Waals surface area (Å²) in [6.07, 6.45) is 0.511. The molecule has 0 saturated heterocycles. The minimum Gasteiger partial charge on any atom is -0.486 e. The highest BCUT2D eigenvalue weighted by Gasteiger charge is 2.16. The number of hydrogen-bond donors (Lipinski definition) is 0.